The highest BCUT2D eigenvalue weighted by molar-refractivity contribution is 7.93. The van der Waals surface area contributed by atoms with Crippen molar-refractivity contribution in [2.24, 2.45) is 0 Å². The summed E-state index contributed by atoms with van der Waals surface area (Å²) >= 11 is 1.22. The Morgan fingerprint density at radius 2 is 1.78 bits per heavy atom. The van der Waals surface area contributed by atoms with Crippen LogP contribution in [0.3, 0.4) is 0 Å². The van der Waals surface area contributed by atoms with Gasteiger partial charge in [-0.1, -0.05) is 24.3 Å². The highest BCUT2D eigenvalue weighted by Gasteiger charge is 2.19. The Balaban J connectivity index is 1.81. The van der Waals surface area contributed by atoms with Gasteiger partial charge in [-0.2, -0.15) is 0 Å². The molecule has 0 saturated carbocycles. The van der Waals surface area contributed by atoms with Crippen LogP contribution in [0.15, 0.2) is 52.7 Å². The molecule has 0 aliphatic carbocycles. The van der Waals surface area contributed by atoms with Crippen LogP contribution in [-0.4, -0.2) is 19.3 Å². The molecule has 0 spiro atoms. The van der Waals surface area contributed by atoms with E-state index < -0.39 is 10.0 Å². The van der Waals surface area contributed by atoms with Gasteiger partial charge in [0.2, 0.25) is 5.91 Å². The van der Waals surface area contributed by atoms with Crippen LogP contribution in [0.1, 0.15) is 18.1 Å². The van der Waals surface area contributed by atoms with Gasteiger partial charge < -0.3 is 5.32 Å². The molecule has 2 aromatic carbocycles. The van der Waals surface area contributed by atoms with Gasteiger partial charge in [-0.05, 0) is 43.2 Å². The first-order valence-corrected chi connectivity index (χ1v) is 10.5. The summed E-state index contributed by atoms with van der Waals surface area (Å²) in [5.41, 5.74) is 3.74. The van der Waals surface area contributed by atoms with Crippen molar-refractivity contribution in [1.29, 1.82) is 0 Å². The van der Waals surface area contributed by atoms with E-state index in [4.69, 9.17) is 0 Å². The van der Waals surface area contributed by atoms with Crippen molar-refractivity contribution in [3.63, 3.8) is 0 Å². The normalized spacial score (nSPS) is 11.2. The van der Waals surface area contributed by atoms with E-state index in [-0.39, 0.29) is 10.8 Å². The van der Waals surface area contributed by atoms with Crippen LogP contribution in [0.5, 0.6) is 0 Å². The quantitative estimate of drug-likeness (QED) is 0.671. The molecule has 0 saturated heterocycles. The first-order valence-electron chi connectivity index (χ1n) is 8.18. The van der Waals surface area contributed by atoms with Gasteiger partial charge in [-0.25, -0.2) is 13.4 Å². The third kappa shape index (κ3) is 4.53. The van der Waals surface area contributed by atoms with E-state index >= 15 is 0 Å². The maximum Gasteiger partial charge on any atom is 0.263 e. The van der Waals surface area contributed by atoms with Gasteiger partial charge in [0.25, 0.3) is 10.0 Å². The molecule has 0 aliphatic rings. The minimum atomic E-state index is -3.71. The number of aromatic nitrogens is 1. The molecule has 27 heavy (non-hydrogen) atoms. The Labute approximate surface area is 162 Å². The van der Waals surface area contributed by atoms with Crippen molar-refractivity contribution >= 4 is 38.1 Å². The molecule has 2 N–H and O–H groups in total. The molecule has 6 nitrogen and oxygen atoms in total. The second-order valence-corrected chi connectivity index (χ2v) is 8.68. The van der Waals surface area contributed by atoms with Crippen molar-refractivity contribution in [2.45, 2.75) is 25.7 Å². The van der Waals surface area contributed by atoms with E-state index in [9.17, 15) is 13.2 Å². The fourth-order valence-corrected chi connectivity index (χ4v) is 4.85. The summed E-state index contributed by atoms with van der Waals surface area (Å²) in [5, 5.41) is 4.79. The van der Waals surface area contributed by atoms with Crippen LogP contribution in [0.25, 0.3) is 11.3 Å². The minimum absolute atomic E-state index is 0.139. The highest BCUT2D eigenvalue weighted by atomic mass is 32.2. The summed E-state index contributed by atoms with van der Waals surface area (Å²) in [7, 11) is -3.71. The number of hydrogen-bond donors (Lipinski definition) is 2. The molecule has 1 amide bonds. The van der Waals surface area contributed by atoms with Crippen LogP contribution in [0, 0.1) is 13.8 Å². The number of nitrogens with one attached hydrogen (secondary N) is 2. The van der Waals surface area contributed by atoms with E-state index in [1.165, 1.54) is 18.3 Å². The van der Waals surface area contributed by atoms with E-state index in [0.29, 0.717) is 22.1 Å². The van der Waals surface area contributed by atoms with Gasteiger partial charge in [0.05, 0.1) is 10.6 Å². The molecule has 3 rings (SSSR count). The van der Waals surface area contributed by atoms with Crippen LogP contribution < -0.4 is 10.0 Å². The maximum atomic E-state index is 12.7. The minimum Gasteiger partial charge on any atom is -0.326 e. The third-order valence-electron chi connectivity index (χ3n) is 3.86. The summed E-state index contributed by atoms with van der Waals surface area (Å²) in [6, 6.07) is 12.5. The van der Waals surface area contributed by atoms with Gasteiger partial charge in [0, 0.05) is 23.6 Å². The Kier molecular flexibility index (Phi) is 5.29. The van der Waals surface area contributed by atoms with E-state index in [1.54, 1.807) is 36.6 Å². The van der Waals surface area contributed by atoms with Crippen LogP contribution >= 0.6 is 11.3 Å². The van der Waals surface area contributed by atoms with Gasteiger partial charge in [0.1, 0.15) is 0 Å². The smallest absolute Gasteiger partial charge is 0.263 e. The molecule has 0 radical (unpaired) electrons. The molecular weight excluding hydrogens is 382 g/mol. The molecular formula is C19H19N3O3S2. The summed E-state index contributed by atoms with van der Waals surface area (Å²) < 4.78 is 27.9. The van der Waals surface area contributed by atoms with Crippen molar-refractivity contribution in [1.82, 2.24) is 4.98 Å². The van der Waals surface area contributed by atoms with Crippen LogP contribution in [0.4, 0.5) is 10.8 Å². The summed E-state index contributed by atoms with van der Waals surface area (Å²) in [5.74, 6) is -0.139. The lowest BCUT2D eigenvalue weighted by Gasteiger charge is -2.09. The average Bonchev–Trinajstić information content (AvgIpc) is 3.05. The average molecular weight is 402 g/mol. The third-order valence-corrected chi connectivity index (χ3v) is 6.23. The Hall–Kier alpha value is -2.71. The number of carbonyl (C=O) groups excluding carboxylic acids is 1. The fraction of sp³-hybridized carbons (Fsp3) is 0.158. The zero-order valence-electron chi connectivity index (χ0n) is 15.1. The van der Waals surface area contributed by atoms with Crippen molar-refractivity contribution in [3.05, 3.63) is 59.0 Å². The zero-order chi connectivity index (χ0) is 19.6. The molecule has 0 bridgehead atoms. The SMILES string of the molecule is CC(=O)Nc1ccc(-c2csc(NS(=O)(=O)c3cc(C)ccc3C)n2)cc1. The molecule has 8 heteroatoms. The Morgan fingerprint density at radius 3 is 2.44 bits per heavy atom. The lowest BCUT2D eigenvalue weighted by molar-refractivity contribution is -0.114. The number of hydrogen-bond acceptors (Lipinski definition) is 5. The second kappa shape index (κ2) is 7.50. The number of thiazole rings is 1. The number of rotatable bonds is 5. The molecule has 0 unspecified atom stereocenters. The van der Waals surface area contributed by atoms with Crippen molar-refractivity contribution < 1.29 is 13.2 Å². The molecule has 140 valence electrons. The summed E-state index contributed by atoms with van der Waals surface area (Å²) in [4.78, 5) is 15.7. The molecule has 0 aliphatic heterocycles. The van der Waals surface area contributed by atoms with Crippen molar-refractivity contribution in [2.75, 3.05) is 10.0 Å². The zero-order valence-corrected chi connectivity index (χ0v) is 16.7. The first kappa shape index (κ1) is 19.1. The van der Waals surface area contributed by atoms with Gasteiger partial charge in [-0.15, -0.1) is 11.3 Å². The maximum absolute atomic E-state index is 12.7. The standard InChI is InChI=1S/C19H19N3O3S2/c1-12-4-5-13(2)18(10-12)27(24,25)22-19-21-17(11-26-19)15-6-8-16(9-7-15)20-14(3)23/h4-11H,1-3H3,(H,20,23)(H,21,22). The number of aryl methyl sites for hydroxylation is 2. The molecule has 1 heterocycles. The van der Waals surface area contributed by atoms with Crippen LogP contribution in [0.2, 0.25) is 0 Å². The molecule has 1 aromatic heterocycles. The largest absolute Gasteiger partial charge is 0.326 e. The number of carbonyl (C=O) groups is 1. The molecule has 0 fully saturated rings. The van der Waals surface area contributed by atoms with E-state index in [2.05, 4.69) is 15.0 Å². The van der Waals surface area contributed by atoms with Gasteiger partial charge in [0.15, 0.2) is 5.13 Å². The molecule has 3 aromatic rings. The lowest BCUT2D eigenvalue weighted by Crippen LogP contribution is -2.14. The number of sulfonamides is 1. The Morgan fingerprint density at radius 1 is 1.07 bits per heavy atom. The van der Waals surface area contributed by atoms with Gasteiger partial charge >= 0.3 is 0 Å². The number of anilines is 2. The van der Waals surface area contributed by atoms with E-state index in [0.717, 1.165) is 11.1 Å². The molecule has 0 atom stereocenters. The van der Waals surface area contributed by atoms with Crippen molar-refractivity contribution in [3.8, 4) is 11.3 Å². The van der Waals surface area contributed by atoms with Gasteiger partial charge in [-0.3, -0.25) is 9.52 Å². The van der Waals surface area contributed by atoms with E-state index in [1.807, 2.05) is 25.1 Å². The topological polar surface area (TPSA) is 88.2 Å². The first-order chi connectivity index (χ1) is 12.7. The summed E-state index contributed by atoms with van der Waals surface area (Å²) in [6.45, 7) is 5.06. The predicted molar refractivity (Wildman–Crippen MR) is 109 cm³/mol. The lowest BCUT2D eigenvalue weighted by atomic mass is 10.1. The number of amides is 1. The monoisotopic (exact) mass is 401 g/mol. The predicted octanol–water partition coefficient (Wildman–Crippen LogP) is 4.19. The second-order valence-electron chi connectivity index (χ2n) is 6.17. The fourth-order valence-electron chi connectivity index (χ4n) is 2.55. The van der Waals surface area contributed by atoms with Crippen LogP contribution in [-0.2, 0) is 14.8 Å². The number of nitrogens with zero attached hydrogens (tertiary/aromatic N) is 1. The number of benzene rings is 2. The highest BCUT2D eigenvalue weighted by Crippen LogP contribution is 2.28. The summed E-state index contributed by atoms with van der Waals surface area (Å²) in [6.07, 6.45) is 0. The Bertz CT molecular complexity index is 1090.